The molecule has 0 bridgehead atoms. The van der Waals surface area contributed by atoms with Gasteiger partial charge in [0.1, 0.15) is 6.29 Å². The third kappa shape index (κ3) is 9.63. The molecule has 0 saturated carbocycles. The number of nitrogens with one attached hydrogen (secondary N) is 1. The SMILES string of the molecule is CCNCCCCCCCC=O. The van der Waals surface area contributed by atoms with E-state index in [1.54, 1.807) is 0 Å². The van der Waals surface area contributed by atoms with Gasteiger partial charge >= 0.3 is 0 Å². The van der Waals surface area contributed by atoms with E-state index in [0.717, 1.165) is 32.2 Å². The van der Waals surface area contributed by atoms with Crippen LogP contribution < -0.4 is 5.32 Å². The van der Waals surface area contributed by atoms with Crippen LogP contribution in [0, 0.1) is 0 Å². The Morgan fingerprint density at radius 1 is 1.08 bits per heavy atom. The van der Waals surface area contributed by atoms with E-state index in [0.29, 0.717) is 0 Å². The summed E-state index contributed by atoms with van der Waals surface area (Å²) in [7, 11) is 0. The van der Waals surface area contributed by atoms with Crippen LogP contribution in [0.5, 0.6) is 0 Å². The molecule has 1 N–H and O–H groups in total. The Morgan fingerprint density at radius 2 is 1.75 bits per heavy atom. The van der Waals surface area contributed by atoms with Gasteiger partial charge in [0.2, 0.25) is 0 Å². The van der Waals surface area contributed by atoms with Crippen LogP contribution >= 0.6 is 0 Å². The van der Waals surface area contributed by atoms with Crippen molar-refractivity contribution in [3.8, 4) is 0 Å². The minimum Gasteiger partial charge on any atom is -0.317 e. The lowest BCUT2D eigenvalue weighted by atomic mass is 10.1. The lowest BCUT2D eigenvalue weighted by molar-refractivity contribution is -0.107. The highest BCUT2D eigenvalue weighted by Gasteiger charge is 1.89. The number of rotatable bonds is 9. The molecule has 0 aromatic rings. The van der Waals surface area contributed by atoms with Crippen LogP contribution in [-0.2, 0) is 4.79 Å². The van der Waals surface area contributed by atoms with Gasteiger partial charge in [0.25, 0.3) is 0 Å². The molecule has 0 aromatic heterocycles. The Morgan fingerprint density at radius 3 is 2.42 bits per heavy atom. The van der Waals surface area contributed by atoms with Crippen molar-refractivity contribution in [3.05, 3.63) is 0 Å². The highest BCUT2D eigenvalue weighted by molar-refractivity contribution is 5.48. The average Bonchev–Trinajstić information content (AvgIpc) is 2.10. The van der Waals surface area contributed by atoms with Crippen LogP contribution in [0.15, 0.2) is 0 Å². The van der Waals surface area contributed by atoms with E-state index in [2.05, 4.69) is 12.2 Å². The van der Waals surface area contributed by atoms with Gasteiger partial charge in [0, 0.05) is 6.42 Å². The molecule has 0 saturated heterocycles. The summed E-state index contributed by atoms with van der Waals surface area (Å²) in [5, 5.41) is 3.29. The summed E-state index contributed by atoms with van der Waals surface area (Å²) in [6.07, 6.45) is 7.89. The van der Waals surface area contributed by atoms with Crippen LogP contribution in [0.3, 0.4) is 0 Å². The fourth-order valence-electron chi connectivity index (χ4n) is 1.18. The summed E-state index contributed by atoms with van der Waals surface area (Å²) in [6, 6.07) is 0. The molecular formula is C10H21NO. The quantitative estimate of drug-likeness (QED) is 0.425. The molecule has 2 heteroatoms. The molecule has 0 aromatic carbocycles. The summed E-state index contributed by atoms with van der Waals surface area (Å²) < 4.78 is 0. The Kier molecular flexibility index (Phi) is 10.3. The van der Waals surface area contributed by atoms with Gasteiger partial charge in [-0.25, -0.2) is 0 Å². The topological polar surface area (TPSA) is 29.1 Å². The number of unbranched alkanes of at least 4 members (excludes halogenated alkanes) is 5. The average molecular weight is 171 g/mol. The van der Waals surface area contributed by atoms with Crippen LogP contribution in [0.2, 0.25) is 0 Å². The van der Waals surface area contributed by atoms with Crippen molar-refractivity contribution in [2.45, 2.75) is 45.4 Å². The van der Waals surface area contributed by atoms with Gasteiger partial charge in [-0.2, -0.15) is 0 Å². The second-order valence-corrected chi connectivity index (χ2v) is 3.08. The second-order valence-electron chi connectivity index (χ2n) is 3.08. The molecule has 12 heavy (non-hydrogen) atoms. The Balaban J connectivity index is 2.77. The van der Waals surface area contributed by atoms with Crippen molar-refractivity contribution in [3.63, 3.8) is 0 Å². The van der Waals surface area contributed by atoms with Crippen LogP contribution in [0.4, 0.5) is 0 Å². The molecule has 0 atom stereocenters. The predicted octanol–water partition coefficient (Wildman–Crippen LogP) is 2.14. The van der Waals surface area contributed by atoms with E-state index in [-0.39, 0.29) is 0 Å². The lowest BCUT2D eigenvalue weighted by Gasteiger charge is -2.00. The van der Waals surface area contributed by atoms with Gasteiger partial charge in [-0.1, -0.05) is 26.2 Å². The highest BCUT2D eigenvalue weighted by Crippen LogP contribution is 2.03. The first kappa shape index (κ1) is 11.6. The predicted molar refractivity (Wildman–Crippen MR) is 52.3 cm³/mol. The van der Waals surface area contributed by atoms with Gasteiger partial charge < -0.3 is 10.1 Å². The number of aldehydes is 1. The summed E-state index contributed by atoms with van der Waals surface area (Å²) in [4.78, 5) is 9.97. The standard InChI is InChI=1S/C10H21NO/c1-2-11-9-7-5-3-4-6-8-10-12/h10-11H,2-9H2,1H3. The Hall–Kier alpha value is -0.370. The van der Waals surface area contributed by atoms with E-state index >= 15 is 0 Å². The summed E-state index contributed by atoms with van der Waals surface area (Å²) in [5.41, 5.74) is 0. The summed E-state index contributed by atoms with van der Waals surface area (Å²) in [6.45, 7) is 4.35. The van der Waals surface area contributed by atoms with E-state index < -0.39 is 0 Å². The van der Waals surface area contributed by atoms with Crippen molar-refractivity contribution in [1.29, 1.82) is 0 Å². The lowest BCUT2D eigenvalue weighted by Crippen LogP contribution is -2.13. The minimum absolute atomic E-state index is 0.743. The first-order valence-corrected chi connectivity index (χ1v) is 5.06. The third-order valence-electron chi connectivity index (χ3n) is 1.93. The third-order valence-corrected chi connectivity index (χ3v) is 1.93. The van der Waals surface area contributed by atoms with Crippen molar-refractivity contribution < 1.29 is 4.79 Å². The molecule has 2 nitrogen and oxygen atoms in total. The van der Waals surface area contributed by atoms with Gasteiger partial charge in [0.15, 0.2) is 0 Å². The maximum atomic E-state index is 9.97. The first-order chi connectivity index (χ1) is 5.91. The molecule has 0 rings (SSSR count). The molecule has 0 spiro atoms. The van der Waals surface area contributed by atoms with Crippen molar-refractivity contribution in [2.75, 3.05) is 13.1 Å². The zero-order valence-electron chi connectivity index (χ0n) is 8.14. The number of carbonyl (C=O) groups is 1. The smallest absolute Gasteiger partial charge is 0.119 e. The van der Waals surface area contributed by atoms with Gasteiger partial charge in [-0.15, -0.1) is 0 Å². The molecule has 0 aliphatic carbocycles. The molecule has 0 heterocycles. The second kappa shape index (κ2) is 10.6. The fourth-order valence-corrected chi connectivity index (χ4v) is 1.18. The minimum atomic E-state index is 0.743. The molecule has 0 aliphatic rings. The normalized spacial score (nSPS) is 10.1. The summed E-state index contributed by atoms with van der Waals surface area (Å²) >= 11 is 0. The van der Waals surface area contributed by atoms with Crippen LogP contribution in [0.1, 0.15) is 45.4 Å². The largest absolute Gasteiger partial charge is 0.317 e. The zero-order valence-corrected chi connectivity index (χ0v) is 8.14. The zero-order chi connectivity index (χ0) is 9.07. The molecule has 0 aliphatic heterocycles. The number of hydrogen-bond donors (Lipinski definition) is 1. The van der Waals surface area contributed by atoms with E-state index in [1.165, 1.54) is 25.7 Å². The van der Waals surface area contributed by atoms with E-state index in [9.17, 15) is 4.79 Å². The fraction of sp³-hybridized carbons (Fsp3) is 0.900. The van der Waals surface area contributed by atoms with Gasteiger partial charge in [-0.05, 0) is 25.9 Å². The van der Waals surface area contributed by atoms with E-state index in [1.807, 2.05) is 0 Å². The Labute approximate surface area is 75.7 Å². The van der Waals surface area contributed by atoms with Crippen molar-refractivity contribution in [2.24, 2.45) is 0 Å². The molecule has 0 fully saturated rings. The van der Waals surface area contributed by atoms with Crippen molar-refractivity contribution >= 4 is 6.29 Å². The van der Waals surface area contributed by atoms with Gasteiger partial charge in [0.05, 0.1) is 0 Å². The Bertz CT molecular complexity index is 93.8. The molecular weight excluding hydrogens is 150 g/mol. The molecule has 0 unspecified atom stereocenters. The van der Waals surface area contributed by atoms with Gasteiger partial charge in [-0.3, -0.25) is 0 Å². The maximum absolute atomic E-state index is 9.97. The van der Waals surface area contributed by atoms with Crippen molar-refractivity contribution in [1.82, 2.24) is 5.32 Å². The monoisotopic (exact) mass is 171 g/mol. The highest BCUT2D eigenvalue weighted by atomic mass is 16.1. The van der Waals surface area contributed by atoms with Crippen LogP contribution in [-0.4, -0.2) is 19.4 Å². The number of carbonyl (C=O) groups excluding carboxylic acids is 1. The molecule has 0 radical (unpaired) electrons. The maximum Gasteiger partial charge on any atom is 0.119 e. The first-order valence-electron chi connectivity index (χ1n) is 5.06. The number of hydrogen-bond acceptors (Lipinski definition) is 2. The van der Waals surface area contributed by atoms with Crippen LogP contribution in [0.25, 0.3) is 0 Å². The summed E-state index contributed by atoms with van der Waals surface area (Å²) in [5.74, 6) is 0. The molecule has 0 amide bonds. The molecule has 72 valence electrons. The van der Waals surface area contributed by atoms with E-state index in [4.69, 9.17) is 0 Å².